The summed E-state index contributed by atoms with van der Waals surface area (Å²) in [5.41, 5.74) is 1.06. The minimum absolute atomic E-state index is 0.119. The number of carbonyl (C=O) groups excluding carboxylic acids is 2. The largest absolute Gasteiger partial charge is 0.325 e. The molecule has 1 N–H and O–H groups in total. The van der Waals surface area contributed by atoms with Crippen LogP contribution in [0.1, 0.15) is 50.2 Å². The van der Waals surface area contributed by atoms with Crippen LogP contribution in [0, 0.1) is 12.8 Å². The summed E-state index contributed by atoms with van der Waals surface area (Å²) in [6.07, 6.45) is 5.95. The molecule has 3 rings (SSSR count). The fourth-order valence-corrected chi connectivity index (χ4v) is 3.57. The van der Waals surface area contributed by atoms with Gasteiger partial charge in [-0.05, 0) is 38.2 Å². The predicted molar refractivity (Wildman–Crippen MR) is 85.4 cm³/mol. The number of urea groups is 1. The lowest BCUT2D eigenvalue weighted by Gasteiger charge is -2.26. The number of aryl methyl sites for hydroxylation is 1. The van der Waals surface area contributed by atoms with E-state index in [0.29, 0.717) is 12.5 Å². The molecule has 0 aromatic heterocycles. The molecule has 118 valence electrons. The summed E-state index contributed by atoms with van der Waals surface area (Å²) in [6.45, 7) is 4.38. The van der Waals surface area contributed by atoms with Crippen molar-refractivity contribution >= 4 is 11.9 Å². The lowest BCUT2D eigenvalue weighted by molar-refractivity contribution is -0.131. The van der Waals surface area contributed by atoms with Crippen LogP contribution in [0.2, 0.25) is 0 Å². The van der Waals surface area contributed by atoms with Gasteiger partial charge in [0.25, 0.3) is 5.91 Å². The third-order valence-corrected chi connectivity index (χ3v) is 5.07. The van der Waals surface area contributed by atoms with Crippen molar-refractivity contribution in [2.75, 3.05) is 6.54 Å². The van der Waals surface area contributed by atoms with Crippen molar-refractivity contribution in [1.29, 1.82) is 0 Å². The fourth-order valence-electron chi connectivity index (χ4n) is 3.57. The summed E-state index contributed by atoms with van der Waals surface area (Å²) in [6, 6.07) is 7.56. The molecule has 22 heavy (non-hydrogen) atoms. The highest BCUT2D eigenvalue weighted by Crippen LogP contribution is 2.31. The van der Waals surface area contributed by atoms with Gasteiger partial charge in [-0.1, -0.05) is 49.1 Å². The van der Waals surface area contributed by atoms with Crippen LogP contribution in [-0.4, -0.2) is 23.4 Å². The smallest absolute Gasteiger partial charge is 0.319 e. The molecule has 1 aromatic rings. The number of rotatable bonds is 3. The highest BCUT2D eigenvalue weighted by molar-refractivity contribution is 6.07. The maximum absolute atomic E-state index is 12.8. The molecule has 1 saturated carbocycles. The van der Waals surface area contributed by atoms with Gasteiger partial charge >= 0.3 is 6.03 Å². The van der Waals surface area contributed by atoms with Crippen molar-refractivity contribution in [3.8, 4) is 0 Å². The second-order valence-electron chi connectivity index (χ2n) is 6.84. The molecule has 2 fully saturated rings. The fraction of sp³-hybridized carbons (Fsp3) is 0.556. The molecule has 0 unspecified atom stereocenters. The topological polar surface area (TPSA) is 49.4 Å². The van der Waals surface area contributed by atoms with Crippen molar-refractivity contribution in [3.05, 3.63) is 35.4 Å². The van der Waals surface area contributed by atoms with Crippen LogP contribution < -0.4 is 5.32 Å². The van der Waals surface area contributed by atoms with Crippen molar-refractivity contribution in [2.24, 2.45) is 5.92 Å². The van der Waals surface area contributed by atoms with Gasteiger partial charge < -0.3 is 5.32 Å². The first kappa shape index (κ1) is 15.1. The zero-order valence-electron chi connectivity index (χ0n) is 13.4. The zero-order valence-corrected chi connectivity index (χ0v) is 13.4. The maximum Gasteiger partial charge on any atom is 0.325 e. The third-order valence-electron chi connectivity index (χ3n) is 5.07. The lowest BCUT2D eigenvalue weighted by Crippen LogP contribution is -2.41. The van der Waals surface area contributed by atoms with Crippen LogP contribution >= 0.6 is 0 Å². The van der Waals surface area contributed by atoms with E-state index in [0.717, 1.165) is 24.0 Å². The molecular weight excluding hydrogens is 276 g/mol. The molecule has 1 aliphatic heterocycles. The highest BCUT2D eigenvalue weighted by Gasteiger charge is 2.49. The Kier molecular flexibility index (Phi) is 3.94. The molecule has 1 heterocycles. The molecule has 4 heteroatoms. The molecule has 0 radical (unpaired) electrons. The third kappa shape index (κ3) is 2.62. The SMILES string of the molecule is Cc1ccc([C@@]2(C)NC(=O)N(CC3CCCCC3)C2=O)cc1. The monoisotopic (exact) mass is 300 g/mol. The summed E-state index contributed by atoms with van der Waals surface area (Å²) in [4.78, 5) is 26.6. The zero-order chi connectivity index (χ0) is 15.7. The maximum atomic E-state index is 12.8. The van der Waals surface area contributed by atoms with Crippen molar-refractivity contribution in [2.45, 2.75) is 51.5 Å². The summed E-state index contributed by atoms with van der Waals surface area (Å²) in [7, 11) is 0. The molecule has 1 aliphatic carbocycles. The summed E-state index contributed by atoms with van der Waals surface area (Å²) in [5, 5.41) is 2.89. The van der Waals surface area contributed by atoms with Gasteiger partial charge in [0.2, 0.25) is 0 Å². The predicted octanol–water partition coefficient (Wildman–Crippen LogP) is 3.34. The van der Waals surface area contributed by atoms with E-state index in [1.165, 1.54) is 24.2 Å². The van der Waals surface area contributed by atoms with Crippen molar-refractivity contribution in [3.63, 3.8) is 0 Å². The van der Waals surface area contributed by atoms with Crippen LogP contribution in [0.3, 0.4) is 0 Å². The quantitative estimate of drug-likeness (QED) is 0.870. The molecule has 1 atom stereocenters. The molecule has 2 aliphatic rings. The number of hydrogen-bond donors (Lipinski definition) is 1. The van der Waals surface area contributed by atoms with Gasteiger partial charge in [-0.25, -0.2) is 4.79 Å². The molecule has 3 amide bonds. The van der Waals surface area contributed by atoms with Gasteiger partial charge in [0.1, 0.15) is 5.54 Å². The van der Waals surface area contributed by atoms with E-state index in [1.807, 2.05) is 31.2 Å². The first-order valence-electron chi connectivity index (χ1n) is 8.22. The Labute approximate surface area is 131 Å². The van der Waals surface area contributed by atoms with E-state index >= 15 is 0 Å². The number of carbonyl (C=O) groups is 2. The first-order chi connectivity index (χ1) is 10.5. The molecule has 1 saturated heterocycles. The second-order valence-corrected chi connectivity index (χ2v) is 6.84. The number of imide groups is 1. The van der Waals surface area contributed by atoms with Gasteiger partial charge in [-0.3, -0.25) is 9.69 Å². The minimum Gasteiger partial charge on any atom is -0.319 e. The minimum atomic E-state index is -0.931. The van der Waals surface area contributed by atoms with Gasteiger partial charge in [0, 0.05) is 6.54 Å². The molecular formula is C18H24N2O2. The number of nitrogens with zero attached hydrogens (tertiary/aromatic N) is 1. The number of hydrogen-bond acceptors (Lipinski definition) is 2. The van der Waals surface area contributed by atoms with E-state index in [-0.39, 0.29) is 11.9 Å². The average Bonchev–Trinajstić information content (AvgIpc) is 2.73. The Morgan fingerprint density at radius 3 is 2.41 bits per heavy atom. The molecule has 0 spiro atoms. The standard InChI is InChI=1S/C18H24N2O2/c1-13-8-10-15(11-9-13)18(2)16(21)20(17(22)19-18)12-14-6-4-3-5-7-14/h8-11,14H,3-7,12H2,1-2H3,(H,19,22)/t18-/m1/s1. The van der Waals surface area contributed by atoms with E-state index in [2.05, 4.69) is 5.32 Å². The Balaban J connectivity index is 1.79. The van der Waals surface area contributed by atoms with Crippen LogP contribution in [0.15, 0.2) is 24.3 Å². The van der Waals surface area contributed by atoms with Gasteiger partial charge in [-0.2, -0.15) is 0 Å². The summed E-state index contributed by atoms with van der Waals surface area (Å²) in [5.74, 6) is 0.343. The van der Waals surface area contributed by atoms with Crippen molar-refractivity contribution in [1.82, 2.24) is 10.2 Å². The van der Waals surface area contributed by atoms with Gasteiger partial charge in [0.15, 0.2) is 0 Å². The van der Waals surface area contributed by atoms with Gasteiger partial charge in [0.05, 0.1) is 0 Å². The summed E-state index contributed by atoms with van der Waals surface area (Å²) >= 11 is 0. The van der Waals surface area contributed by atoms with E-state index in [4.69, 9.17) is 0 Å². The Morgan fingerprint density at radius 2 is 1.77 bits per heavy atom. The van der Waals surface area contributed by atoms with Gasteiger partial charge in [-0.15, -0.1) is 0 Å². The molecule has 4 nitrogen and oxygen atoms in total. The van der Waals surface area contributed by atoms with E-state index < -0.39 is 5.54 Å². The molecule has 1 aromatic carbocycles. The normalized spacial score (nSPS) is 26.4. The van der Waals surface area contributed by atoms with Crippen LogP contribution in [0.25, 0.3) is 0 Å². The highest BCUT2D eigenvalue weighted by atomic mass is 16.2. The second kappa shape index (κ2) is 5.75. The first-order valence-corrected chi connectivity index (χ1v) is 8.22. The summed E-state index contributed by atoms with van der Waals surface area (Å²) < 4.78 is 0. The average molecular weight is 300 g/mol. The van der Waals surface area contributed by atoms with Crippen LogP contribution in [0.5, 0.6) is 0 Å². The number of amides is 3. The van der Waals surface area contributed by atoms with Crippen LogP contribution in [0.4, 0.5) is 4.79 Å². The number of nitrogens with one attached hydrogen (secondary N) is 1. The number of benzene rings is 1. The van der Waals surface area contributed by atoms with Crippen LogP contribution in [-0.2, 0) is 10.3 Å². The Morgan fingerprint density at radius 1 is 1.14 bits per heavy atom. The Bertz CT molecular complexity index is 575. The Hall–Kier alpha value is -1.84. The molecule has 0 bridgehead atoms. The lowest BCUT2D eigenvalue weighted by atomic mass is 9.88. The van der Waals surface area contributed by atoms with E-state index in [1.54, 1.807) is 6.92 Å². The van der Waals surface area contributed by atoms with Crippen molar-refractivity contribution < 1.29 is 9.59 Å². The van der Waals surface area contributed by atoms with E-state index in [9.17, 15) is 9.59 Å².